The first-order chi connectivity index (χ1) is 8.40. The number of nitrogens with two attached hydrogens (primary N) is 4. The van der Waals surface area contributed by atoms with E-state index < -0.39 is 0 Å². The molecule has 96 valence electrons. The lowest BCUT2D eigenvalue weighted by Gasteiger charge is -2.01. The zero-order chi connectivity index (χ0) is 13.7. The predicted molar refractivity (Wildman–Crippen MR) is 80.8 cm³/mol. The summed E-state index contributed by atoms with van der Waals surface area (Å²) in [5.41, 5.74) is 24.1. The van der Waals surface area contributed by atoms with E-state index >= 15 is 0 Å². The van der Waals surface area contributed by atoms with E-state index in [0.717, 1.165) is 5.69 Å². The third kappa shape index (κ3) is 4.14. The van der Waals surface area contributed by atoms with Gasteiger partial charge >= 0.3 is 0 Å². The quantitative estimate of drug-likeness (QED) is 0.556. The highest BCUT2D eigenvalue weighted by atomic mass is 79.9. The summed E-state index contributed by atoms with van der Waals surface area (Å²) in [6.45, 7) is 2.04. The fourth-order valence-corrected chi connectivity index (χ4v) is 1.57. The van der Waals surface area contributed by atoms with Gasteiger partial charge in [-0.05, 0) is 41.1 Å². The summed E-state index contributed by atoms with van der Waals surface area (Å²) in [7, 11) is 0. The molecule has 2 rings (SSSR count). The molecule has 0 aliphatic heterocycles. The summed E-state index contributed by atoms with van der Waals surface area (Å²) < 4.78 is 0.678. The third-order valence-corrected chi connectivity index (χ3v) is 2.79. The molecule has 0 aliphatic carbocycles. The smallest absolute Gasteiger partial charge is 0.150 e. The molecular weight excluding hydrogens is 294 g/mol. The molecule has 1 heterocycles. The Labute approximate surface area is 114 Å². The van der Waals surface area contributed by atoms with Crippen LogP contribution < -0.4 is 22.9 Å². The van der Waals surface area contributed by atoms with Crippen molar-refractivity contribution >= 4 is 38.9 Å². The van der Waals surface area contributed by atoms with Gasteiger partial charge in [0.25, 0.3) is 0 Å². The first-order valence-corrected chi connectivity index (χ1v) is 5.98. The molecule has 5 nitrogen and oxygen atoms in total. The second-order valence-electron chi connectivity index (χ2n) is 3.74. The van der Waals surface area contributed by atoms with Crippen LogP contribution in [0.1, 0.15) is 5.56 Å². The molecule has 0 unspecified atom stereocenters. The van der Waals surface area contributed by atoms with Crippen LogP contribution in [0.15, 0.2) is 34.8 Å². The van der Waals surface area contributed by atoms with Crippen LogP contribution in [0.5, 0.6) is 0 Å². The highest BCUT2D eigenvalue weighted by Gasteiger charge is 2.01. The van der Waals surface area contributed by atoms with Crippen molar-refractivity contribution in [3.63, 3.8) is 0 Å². The van der Waals surface area contributed by atoms with Crippen LogP contribution in [0.2, 0.25) is 0 Å². The Balaban J connectivity index is 0.000000184. The molecule has 0 atom stereocenters. The molecule has 0 spiro atoms. The van der Waals surface area contributed by atoms with Crippen molar-refractivity contribution < 1.29 is 0 Å². The topological polar surface area (TPSA) is 117 Å². The third-order valence-electron chi connectivity index (χ3n) is 2.13. The van der Waals surface area contributed by atoms with Gasteiger partial charge in [0.05, 0.1) is 5.69 Å². The van der Waals surface area contributed by atoms with Crippen LogP contribution >= 0.6 is 15.9 Å². The first kappa shape index (κ1) is 14.1. The Bertz CT molecular complexity index is 480. The molecule has 8 N–H and O–H groups in total. The van der Waals surface area contributed by atoms with E-state index in [1.807, 2.05) is 31.2 Å². The number of anilines is 4. The maximum atomic E-state index is 5.46. The van der Waals surface area contributed by atoms with Crippen molar-refractivity contribution in [3.05, 3.63) is 40.4 Å². The van der Waals surface area contributed by atoms with Crippen LogP contribution in [0.4, 0.5) is 23.0 Å². The lowest BCUT2D eigenvalue weighted by atomic mass is 10.2. The number of rotatable bonds is 0. The standard InChI is InChI=1S/C7H9N.C5H7BrN4/c1-6-2-4-7(8)5-3-6;6-2-1-3(7)10-5(9)4(2)8/h2-5H,8H2,1H3;1H,8H2,(H4,7,9,10). The number of hydrogen-bond acceptors (Lipinski definition) is 5. The van der Waals surface area contributed by atoms with Crippen molar-refractivity contribution in [2.75, 3.05) is 22.9 Å². The molecule has 1 aromatic heterocycles. The number of halogens is 1. The number of hydrogen-bond donors (Lipinski definition) is 4. The minimum atomic E-state index is 0.256. The predicted octanol–water partition coefficient (Wildman–Crippen LogP) is 2.17. The minimum Gasteiger partial charge on any atom is -0.399 e. The Morgan fingerprint density at radius 3 is 2.00 bits per heavy atom. The Hall–Kier alpha value is -1.95. The Kier molecular flexibility index (Phi) is 4.79. The molecular formula is C12H16BrN5. The SMILES string of the molecule is Cc1ccc(N)cc1.Nc1cc(Br)c(N)c(N)n1. The fourth-order valence-electron chi connectivity index (χ4n) is 1.13. The molecule has 1 aromatic carbocycles. The van der Waals surface area contributed by atoms with Gasteiger partial charge < -0.3 is 22.9 Å². The van der Waals surface area contributed by atoms with Gasteiger partial charge in [0, 0.05) is 10.2 Å². The van der Waals surface area contributed by atoms with Gasteiger partial charge in [-0.15, -0.1) is 0 Å². The minimum absolute atomic E-state index is 0.256. The molecule has 0 saturated heterocycles. The largest absolute Gasteiger partial charge is 0.399 e. The zero-order valence-corrected chi connectivity index (χ0v) is 11.6. The number of aromatic nitrogens is 1. The van der Waals surface area contributed by atoms with Gasteiger partial charge in [-0.2, -0.15) is 0 Å². The van der Waals surface area contributed by atoms with Gasteiger partial charge in [0.2, 0.25) is 0 Å². The summed E-state index contributed by atoms with van der Waals surface area (Å²) in [5, 5.41) is 0. The van der Waals surface area contributed by atoms with Gasteiger partial charge in [-0.1, -0.05) is 17.7 Å². The molecule has 0 saturated carbocycles. The van der Waals surface area contributed by atoms with E-state index in [4.69, 9.17) is 22.9 Å². The van der Waals surface area contributed by atoms with Gasteiger partial charge in [-0.25, -0.2) is 4.98 Å². The summed E-state index contributed by atoms with van der Waals surface area (Å²) in [6, 6.07) is 9.39. The lowest BCUT2D eigenvalue weighted by molar-refractivity contribution is 1.33. The molecule has 0 amide bonds. The van der Waals surface area contributed by atoms with Crippen LogP contribution in [-0.2, 0) is 0 Å². The molecule has 0 bridgehead atoms. The lowest BCUT2D eigenvalue weighted by Crippen LogP contribution is -2.01. The van der Waals surface area contributed by atoms with Crippen molar-refractivity contribution in [1.29, 1.82) is 0 Å². The number of pyridine rings is 1. The number of aryl methyl sites for hydroxylation is 1. The summed E-state index contributed by atoms with van der Waals surface area (Å²) >= 11 is 3.17. The van der Waals surface area contributed by atoms with Crippen molar-refractivity contribution in [1.82, 2.24) is 4.98 Å². The van der Waals surface area contributed by atoms with Crippen molar-refractivity contribution in [2.24, 2.45) is 0 Å². The second-order valence-corrected chi connectivity index (χ2v) is 4.59. The zero-order valence-electron chi connectivity index (χ0n) is 10.0. The van der Waals surface area contributed by atoms with Gasteiger partial charge in [-0.3, -0.25) is 0 Å². The van der Waals surface area contributed by atoms with Gasteiger partial charge in [0.1, 0.15) is 11.6 Å². The number of benzene rings is 1. The second kappa shape index (κ2) is 6.11. The van der Waals surface area contributed by atoms with Crippen LogP contribution in [0.3, 0.4) is 0 Å². The Morgan fingerprint density at radius 2 is 1.56 bits per heavy atom. The van der Waals surface area contributed by atoms with Crippen molar-refractivity contribution in [2.45, 2.75) is 6.92 Å². The highest BCUT2D eigenvalue weighted by molar-refractivity contribution is 9.10. The van der Waals surface area contributed by atoms with Gasteiger partial charge in [0.15, 0.2) is 0 Å². The van der Waals surface area contributed by atoms with Crippen LogP contribution in [-0.4, -0.2) is 4.98 Å². The van der Waals surface area contributed by atoms with E-state index in [0.29, 0.717) is 16.0 Å². The summed E-state index contributed by atoms with van der Waals surface area (Å²) in [4.78, 5) is 3.73. The van der Waals surface area contributed by atoms with Crippen molar-refractivity contribution in [3.8, 4) is 0 Å². The Morgan fingerprint density at radius 1 is 1.00 bits per heavy atom. The van der Waals surface area contributed by atoms with E-state index in [2.05, 4.69) is 20.9 Å². The molecule has 18 heavy (non-hydrogen) atoms. The molecule has 0 radical (unpaired) electrons. The first-order valence-electron chi connectivity index (χ1n) is 5.19. The fraction of sp³-hybridized carbons (Fsp3) is 0.0833. The van der Waals surface area contributed by atoms with Crippen LogP contribution in [0.25, 0.3) is 0 Å². The molecule has 6 heteroatoms. The molecule has 0 fully saturated rings. The highest BCUT2D eigenvalue weighted by Crippen LogP contribution is 2.25. The van der Waals surface area contributed by atoms with E-state index in [1.54, 1.807) is 6.07 Å². The normalized spacial score (nSPS) is 9.44. The number of nitrogen functional groups attached to an aromatic ring is 4. The van der Waals surface area contributed by atoms with E-state index in [9.17, 15) is 0 Å². The maximum absolute atomic E-state index is 5.46. The van der Waals surface area contributed by atoms with E-state index in [-0.39, 0.29) is 5.82 Å². The number of nitrogens with zero attached hydrogens (tertiary/aromatic N) is 1. The van der Waals surface area contributed by atoms with Crippen LogP contribution in [0, 0.1) is 6.92 Å². The summed E-state index contributed by atoms with van der Waals surface area (Å²) in [6.07, 6.45) is 0. The maximum Gasteiger partial charge on any atom is 0.150 e. The molecule has 0 aliphatic rings. The monoisotopic (exact) mass is 309 g/mol. The average Bonchev–Trinajstić information content (AvgIpc) is 2.31. The summed E-state index contributed by atoms with van der Waals surface area (Å²) in [5.74, 6) is 0.616. The average molecular weight is 310 g/mol. The molecule has 2 aromatic rings. The van der Waals surface area contributed by atoms with E-state index in [1.165, 1.54) is 5.56 Å².